The number of furan rings is 1. The van der Waals surface area contributed by atoms with Gasteiger partial charge in [0.15, 0.2) is 5.58 Å². The topological polar surface area (TPSA) is 77.8 Å². The maximum absolute atomic E-state index is 12.9. The van der Waals surface area contributed by atoms with Crippen molar-refractivity contribution in [2.75, 3.05) is 13.2 Å². The number of carbonyl (C=O) groups excluding carboxylic acids is 1. The molecule has 0 N–H and O–H groups in total. The van der Waals surface area contributed by atoms with E-state index >= 15 is 0 Å². The lowest BCUT2D eigenvalue weighted by atomic mass is 10.2. The zero-order chi connectivity index (χ0) is 17.9. The highest BCUT2D eigenvalue weighted by molar-refractivity contribution is 5.79. The second kappa shape index (κ2) is 7.21. The van der Waals surface area contributed by atoms with Crippen molar-refractivity contribution in [3.05, 3.63) is 59.0 Å². The van der Waals surface area contributed by atoms with Gasteiger partial charge >= 0.3 is 5.76 Å². The summed E-state index contributed by atoms with van der Waals surface area (Å²) in [4.78, 5) is 26.8. The lowest BCUT2D eigenvalue weighted by Gasteiger charge is -2.24. The van der Waals surface area contributed by atoms with E-state index < -0.39 is 5.76 Å². The summed E-state index contributed by atoms with van der Waals surface area (Å²) in [6.45, 7) is 1.46. The van der Waals surface area contributed by atoms with Gasteiger partial charge < -0.3 is 18.5 Å². The monoisotopic (exact) mass is 356 g/mol. The summed E-state index contributed by atoms with van der Waals surface area (Å²) in [5.74, 6) is -0.0130. The molecule has 0 bridgehead atoms. The van der Waals surface area contributed by atoms with Gasteiger partial charge in [-0.05, 0) is 37.1 Å². The molecule has 0 saturated carbocycles. The summed E-state index contributed by atoms with van der Waals surface area (Å²) in [6.07, 6.45) is 3.53. The Hall–Kier alpha value is -2.80. The van der Waals surface area contributed by atoms with Crippen molar-refractivity contribution in [2.24, 2.45) is 0 Å². The van der Waals surface area contributed by atoms with Gasteiger partial charge in [0.1, 0.15) is 12.3 Å². The van der Waals surface area contributed by atoms with Crippen LogP contribution in [-0.4, -0.2) is 34.6 Å². The predicted octanol–water partition coefficient (Wildman–Crippen LogP) is 2.40. The van der Waals surface area contributed by atoms with Crippen molar-refractivity contribution in [1.29, 1.82) is 0 Å². The molecule has 1 atom stereocenters. The molecule has 3 heterocycles. The summed E-state index contributed by atoms with van der Waals surface area (Å²) >= 11 is 0. The average molecular weight is 356 g/mol. The zero-order valence-corrected chi connectivity index (χ0v) is 14.3. The molecule has 7 heteroatoms. The number of amides is 1. The summed E-state index contributed by atoms with van der Waals surface area (Å²) < 4.78 is 17.6. The van der Waals surface area contributed by atoms with Crippen LogP contribution in [0.1, 0.15) is 18.6 Å². The van der Waals surface area contributed by atoms with Gasteiger partial charge in [-0.2, -0.15) is 0 Å². The number of aromatic nitrogens is 1. The van der Waals surface area contributed by atoms with Crippen LogP contribution in [0.25, 0.3) is 11.1 Å². The highest BCUT2D eigenvalue weighted by atomic mass is 16.5. The zero-order valence-electron chi connectivity index (χ0n) is 14.3. The molecule has 1 aliphatic rings. The molecule has 1 amide bonds. The first-order valence-corrected chi connectivity index (χ1v) is 8.71. The lowest BCUT2D eigenvalue weighted by Crippen LogP contribution is -2.39. The first-order valence-electron chi connectivity index (χ1n) is 8.71. The lowest BCUT2D eigenvalue weighted by molar-refractivity contribution is -0.134. The second-order valence-corrected chi connectivity index (χ2v) is 6.41. The van der Waals surface area contributed by atoms with Gasteiger partial charge in [0, 0.05) is 13.2 Å². The number of ether oxygens (including phenoxy) is 1. The maximum atomic E-state index is 12.9. The van der Waals surface area contributed by atoms with Gasteiger partial charge in [-0.25, -0.2) is 4.79 Å². The van der Waals surface area contributed by atoms with Crippen molar-refractivity contribution in [3.63, 3.8) is 0 Å². The quantitative estimate of drug-likeness (QED) is 0.678. The van der Waals surface area contributed by atoms with Crippen LogP contribution in [0, 0.1) is 0 Å². The summed E-state index contributed by atoms with van der Waals surface area (Å²) in [7, 11) is 0. The Labute approximate surface area is 149 Å². The molecule has 1 unspecified atom stereocenters. The van der Waals surface area contributed by atoms with E-state index in [0.29, 0.717) is 29.9 Å². The number of carbonyl (C=O) groups is 1. The number of nitrogens with zero attached hydrogens (tertiary/aromatic N) is 2. The average Bonchev–Trinajstić information content (AvgIpc) is 3.37. The summed E-state index contributed by atoms with van der Waals surface area (Å²) in [5.41, 5.74) is 1.09. The van der Waals surface area contributed by atoms with Gasteiger partial charge in [0.25, 0.3) is 0 Å². The molecule has 0 radical (unpaired) electrons. The van der Waals surface area contributed by atoms with E-state index in [-0.39, 0.29) is 18.6 Å². The molecule has 0 aliphatic carbocycles. The SMILES string of the molecule is O=C(Cn1c(=O)oc2ccccc21)N(Cc1ccco1)CC1CCCO1. The number of hydrogen-bond donors (Lipinski definition) is 0. The van der Waals surface area contributed by atoms with Gasteiger partial charge in [-0.3, -0.25) is 9.36 Å². The molecule has 1 aromatic carbocycles. The van der Waals surface area contributed by atoms with Gasteiger partial charge in [-0.1, -0.05) is 12.1 Å². The second-order valence-electron chi connectivity index (χ2n) is 6.41. The van der Waals surface area contributed by atoms with Gasteiger partial charge in [-0.15, -0.1) is 0 Å². The van der Waals surface area contributed by atoms with E-state index in [1.54, 1.807) is 35.4 Å². The van der Waals surface area contributed by atoms with Gasteiger partial charge in [0.2, 0.25) is 5.91 Å². The van der Waals surface area contributed by atoms with Crippen molar-refractivity contribution >= 4 is 17.0 Å². The van der Waals surface area contributed by atoms with Crippen LogP contribution >= 0.6 is 0 Å². The Morgan fingerprint density at radius 3 is 2.88 bits per heavy atom. The normalized spacial score (nSPS) is 17.0. The maximum Gasteiger partial charge on any atom is 0.420 e. The van der Waals surface area contributed by atoms with Crippen LogP contribution in [0.15, 0.2) is 56.3 Å². The summed E-state index contributed by atoms with van der Waals surface area (Å²) in [6, 6.07) is 10.7. The van der Waals surface area contributed by atoms with Gasteiger partial charge in [0.05, 0.1) is 24.4 Å². The summed E-state index contributed by atoms with van der Waals surface area (Å²) in [5, 5.41) is 0. The fourth-order valence-electron chi connectivity index (χ4n) is 3.28. The van der Waals surface area contributed by atoms with Crippen molar-refractivity contribution in [1.82, 2.24) is 9.47 Å². The molecule has 1 aliphatic heterocycles. The Morgan fingerprint density at radius 1 is 1.23 bits per heavy atom. The number of benzene rings is 1. The number of rotatable bonds is 6. The third kappa shape index (κ3) is 3.43. The fourth-order valence-corrected chi connectivity index (χ4v) is 3.28. The predicted molar refractivity (Wildman–Crippen MR) is 93.6 cm³/mol. The highest BCUT2D eigenvalue weighted by Gasteiger charge is 2.24. The van der Waals surface area contributed by atoms with E-state index in [1.807, 2.05) is 12.1 Å². The number of hydrogen-bond acceptors (Lipinski definition) is 5. The first-order chi connectivity index (χ1) is 12.7. The molecule has 136 valence electrons. The largest absolute Gasteiger partial charge is 0.467 e. The van der Waals surface area contributed by atoms with Crippen molar-refractivity contribution in [3.8, 4) is 0 Å². The van der Waals surface area contributed by atoms with E-state index in [9.17, 15) is 9.59 Å². The van der Waals surface area contributed by atoms with Crippen LogP contribution in [-0.2, 0) is 22.6 Å². The molecule has 2 aromatic heterocycles. The van der Waals surface area contributed by atoms with Crippen LogP contribution in [0.2, 0.25) is 0 Å². The minimum absolute atomic E-state index is 0.0201. The Morgan fingerprint density at radius 2 is 2.12 bits per heavy atom. The number of oxazole rings is 1. The molecular formula is C19H20N2O5. The molecule has 1 fully saturated rings. The molecule has 7 nitrogen and oxygen atoms in total. The van der Waals surface area contributed by atoms with Crippen molar-refractivity contribution in [2.45, 2.75) is 32.0 Å². The molecule has 1 saturated heterocycles. The van der Waals surface area contributed by atoms with Crippen molar-refractivity contribution < 1.29 is 18.4 Å². The fraction of sp³-hybridized carbons (Fsp3) is 0.368. The van der Waals surface area contributed by atoms with E-state index in [0.717, 1.165) is 19.4 Å². The number of fused-ring (bicyclic) bond motifs is 1. The van der Waals surface area contributed by atoms with Crippen LogP contribution in [0.4, 0.5) is 0 Å². The van der Waals surface area contributed by atoms with Crippen LogP contribution in [0.3, 0.4) is 0 Å². The molecule has 4 rings (SSSR count). The molecular weight excluding hydrogens is 336 g/mol. The third-order valence-corrected chi connectivity index (χ3v) is 4.59. The van der Waals surface area contributed by atoms with Crippen LogP contribution < -0.4 is 5.76 Å². The smallest absolute Gasteiger partial charge is 0.420 e. The minimum Gasteiger partial charge on any atom is -0.467 e. The Bertz CT molecular complexity index is 934. The minimum atomic E-state index is -0.533. The first kappa shape index (κ1) is 16.7. The van der Waals surface area contributed by atoms with Crippen LogP contribution in [0.5, 0.6) is 0 Å². The van der Waals surface area contributed by atoms with E-state index in [4.69, 9.17) is 13.6 Å². The number of para-hydroxylation sites is 2. The van der Waals surface area contributed by atoms with E-state index in [2.05, 4.69) is 0 Å². The Balaban J connectivity index is 1.56. The molecule has 3 aromatic rings. The Kier molecular flexibility index (Phi) is 4.62. The highest BCUT2D eigenvalue weighted by Crippen LogP contribution is 2.17. The molecule has 26 heavy (non-hydrogen) atoms. The van der Waals surface area contributed by atoms with E-state index in [1.165, 1.54) is 4.57 Å². The molecule has 0 spiro atoms. The third-order valence-electron chi connectivity index (χ3n) is 4.59. The standard InChI is InChI=1S/C19H20N2O5/c22-18(13-21-16-7-1-2-8-17(16)26-19(21)23)20(11-14-5-3-9-24-14)12-15-6-4-10-25-15/h1-3,5,7-9,15H,4,6,10-13H2.